The molecule has 0 unspecified atom stereocenters. The van der Waals surface area contributed by atoms with Crippen LogP contribution in [-0.2, 0) is 0 Å². The Morgan fingerprint density at radius 2 is 1.54 bits per heavy atom. The number of aromatic nitrogens is 1. The van der Waals surface area contributed by atoms with Crippen molar-refractivity contribution >= 4 is 23.2 Å². The normalized spacial score (nSPS) is 14.7. The number of carbonyl (C=O) groups excluding carboxylic acids is 2. The Morgan fingerprint density at radius 3 is 2.08 bits per heavy atom. The maximum atomic E-state index is 13.8. The quantitative estimate of drug-likeness (QED) is 0.750. The highest BCUT2D eigenvalue weighted by Gasteiger charge is 2.29. The molecule has 2 heterocycles. The molecule has 9 heteroatoms. The van der Waals surface area contributed by atoms with E-state index in [1.54, 1.807) is 11.8 Å². The molecule has 2 aromatic rings. The second-order valence-electron chi connectivity index (χ2n) is 5.95. The topological polar surface area (TPSA) is 53.5 Å². The molecule has 0 atom stereocenters. The molecule has 0 bridgehead atoms. The van der Waals surface area contributed by atoms with Crippen molar-refractivity contribution in [2.24, 2.45) is 0 Å². The Labute approximate surface area is 152 Å². The summed E-state index contributed by atoms with van der Waals surface area (Å²) in [5, 5.41) is 0.800. The summed E-state index contributed by atoms with van der Waals surface area (Å²) >= 11 is 1.32. The molecule has 5 nitrogen and oxygen atoms in total. The number of carbonyl (C=O) groups is 2. The van der Waals surface area contributed by atoms with E-state index in [2.05, 4.69) is 4.98 Å². The van der Waals surface area contributed by atoms with E-state index in [1.165, 1.54) is 16.2 Å². The van der Waals surface area contributed by atoms with E-state index in [9.17, 15) is 22.8 Å². The lowest BCUT2D eigenvalue weighted by atomic mass is 10.1. The van der Waals surface area contributed by atoms with Gasteiger partial charge in [0.05, 0.1) is 16.3 Å². The van der Waals surface area contributed by atoms with Gasteiger partial charge in [-0.15, -0.1) is 11.3 Å². The minimum Gasteiger partial charge on any atom is -0.335 e. The van der Waals surface area contributed by atoms with Gasteiger partial charge in [-0.3, -0.25) is 9.59 Å². The fourth-order valence-electron chi connectivity index (χ4n) is 2.85. The Hall–Kier alpha value is -2.42. The van der Waals surface area contributed by atoms with Crippen molar-refractivity contribution in [1.82, 2.24) is 14.8 Å². The number of rotatable bonds is 2. The first-order chi connectivity index (χ1) is 12.3. The van der Waals surface area contributed by atoms with Crippen LogP contribution in [0.15, 0.2) is 12.1 Å². The zero-order valence-corrected chi connectivity index (χ0v) is 15.0. The van der Waals surface area contributed by atoms with Gasteiger partial charge in [-0.1, -0.05) is 0 Å². The van der Waals surface area contributed by atoms with Crippen LogP contribution < -0.4 is 0 Å². The van der Waals surface area contributed by atoms with E-state index >= 15 is 0 Å². The summed E-state index contributed by atoms with van der Waals surface area (Å²) in [7, 11) is 0. The van der Waals surface area contributed by atoms with Crippen LogP contribution in [0.1, 0.15) is 30.7 Å². The third-order valence-electron chi connectivity index (χ3n) is 4.22. The third kappa shape index (κ3) is 3.31. The number of amides is 2. The van der Waals surface area contributed by atoms with Gasteiger partial charge in [-0.05, 0) is 26.0 Å². The highest BCUT2D eigenvalue weighted by atomic mass is 32.1. The molecule has 1 fully saturated rings. The summed E-state index contributed by atoms with van der Waals surface area (Å²) in [5.74, 6) is -5.38. The monoisotopic (exact) mass is 383 g/mol. The fourth-order valence-corrected chi connectivity index (χ4v) is 3.74. The smallest absolute Gasteiger partial charge is 0.265 e. The van der Waals surface area contributed by atoms with Crippen molar-refractivity contribution in [1.29, 1.82) is 0 Å². The number of thiazole rings is 1. The van der Waals surface area contributed by atoms with E-state index in [1.807, 2.05) is 6.92 Å². The van der Waals surface area contributed by atoms with Gasteiger partial charge in [0.2, 0.25) is 0 Å². The molecule has 26 heavy (non-hydrogen) atoms. The summed E-state index contributed by atoms with van der Waals surface area (Å²) in [6.07, 6.45) is 0. The summed E-state index contributed by atoms with van der Waals surface area (Å²) in [6.45, 7) is 4.49. The number of aryl methyl sites for hydroxylation is 2. The Kier molecular flexibility index (Phi) is 4.99. The summed E-state index contributed by atoms with van der Waals surface area (Å²) in [5.41, 5.74) is 0.150. The molecular weight excluding hydrogens is 367 g/mol. The molecular formula is C17H16F3N3O2S. The first-order valence-electron chi connectivity index (χ1n) is 7.95. The SMILES string of the molecule is Cc1nc(C)c(C(=O)N2CCN(C(=O)c3ccc(F)c(F)c3F)CC2)s1. The molecule has 0 spiro atoms. The Morgan fingerprint density at radius 1 is 0.962 bits per heavy atom. The lowest BCUT2D eigenvalue weighted by Gasteiger charge is -2.34. The van der Waals surface area contributed by atoms with Crippen LogP contribution >= 0.6 is 11.3 Å². The molecule has 2 amide bonds. The number of hydrogen-bond acceptors (Lipinski definition) is 4. The fraction of sp³-hybridized carbons (Fsp3) is 0.353. The Bertz CT molecular complexity index is 876. The molecule has 1 aromatic carbocycles. The van der Waals surface area contributed by atoms with Gasteiger partial charge in [0.15, 0.2) is 17.5 Å². The van der Waals surface area contributed by atoms with Gasteiger partial charge in [-0.2, -0.15) is 0 Å². The maximum absolute atomic E-state index is 13.8. The molecule has 1 saturated heterocycles. The second kappa shape index (κ2) is 7.06. The Balaban J connectivity index is 1.69. The largest absolute Gasteiger partial charge is 0.335 e. The second-order valence-corrected chi connectivity index (χ2v) is 7.16. The van der Waals surface area contributed by atoms with Crippen LogP contribution in [0.25, 0.3) is 0 Å². The maximum Gasteiger partial charge on any atom is 0.265 e. The van der Waals surface area contributed by atoms with E-state index in [0.717, 1.165) is 17.1 Å². The van der Waals surface area contributed by atoms with Crippen LogP contribution in [0.4, 0.5) is 13.2 Å². The average molecular weight is 383 g/mol. The van der Waals surface area contributed by atoms with E-state index in [0.29, 0.717) is 10.6 Å². The zero-order valence-electron chi connectivity index (χ0n) is 14.2. The van der Waals surface area contributed by atoms with Gasteiger partial charge in [0.25, 0.3) is 11.8 Å². The van der Waals surface area contributed by atoms with E-state index in [4.69, 9.17) is 0 Å². The molecule has 1 aliphatic rings. The molecule has 0 N–H and O–H groups in total. The first kappa shape index (κ1) is 18.4. The predicted molar refractivity (Wildman–Crippen MR) is 89.7 cm³/mol. The van der Waals surface area contributed by atoms with Crippen molar-refractivity contribution in [3.05, 3.63) is 50.7 Å². The lowest BCUT2D eigenvalue weighted by molar-refractivity contribution is 0.0534. The van der Waals surface area contributed by atoms with Crippen LogP contribution in [0.2, 0.25) is 0 Å². The average Bonchev–Trinajstić information content (AvgIpc) is 2.97. The van der Waals surface area contributed by atoms with Crippen LogP contribution in [0.5, 0.6) is 0 Å². The highest BCUT2D eigenvalue weighted by molar-refractivity contribution is 7.13. The molecule has 1 aromatic heterocycles. The minimum atomic E-state index is -1.67. The number of piperazine rings is 1. The van der Waals surface area contributed by atoms with Gasteiger partial charge < -0.3 is 9.80 Å². The van der Waals surface area contributed by atoms with Gasteiger partial charge in [-0.25, -0.2) is 18.2 Å². The minimum absolute atomic E-state index is 0.154. The van der Waals surface area contributed by atoms with Crippen molar-refractivity contribution in [3.8, 4) is 0 Å². The summed E-state index contributed by atoms with van der Waals surface area (Å²) in [6, 6.07) is 1.65. The van der Waals surface area contributed by atoms with Crippen LogP contribution in [-0.4, -0.2) is 52.8 Å². The number of hydrogen-bond donors (Lipinski definition) is 0. The van der Waals surface area contributed by atoms with Crippen molar-refractivity contribution in [3.63, 3.8) is 0 Å². The van der Waals surface area contributed by atoms with Gasteiger partial charge in [0.1, 0.15) is 4.88 Å². The first-order valence-corrected chi connectivity index (χ1v) is 8.77. The molecule has 0 saturated carbocycles. The number of nitrogens with zero attached hydrogens (tertiary/aromatic N) is 3. The molecule has 0 aliphatic carbocycles. The van der Waals surface area contributed by atoms with Gasteiger partial charge >= 0.3 is 0 Å². The number of benzene rings is 1. The van der Waals surface area contributed by atoms with Crippen LogP contribution in [0.3, 0.4) is 0 Å². The van der Waals surface area contributed by atoms with Crippen molar-refractivity contribution < 1.29 is 22.8 Å². The summed E-state index contributed by atoms with van der Waals surface area (Å²) in [4.78, 5) is 32.7. The third-order valence-corrected chi connectivity index (χ3v) is 5.28. The van der Waals surface area contributed by atoms with Crippen molar-refractivity contribution in [2.75, 3.05) is 26.2 Å². The van der Waals surface area contributed by atoms with E-state index < -0.39 is 28.9 Å². The van der Waals surface area contributed by atoms with Gasteiger partial charge in [0, 0.05) is 26.2 Å². The molecule has 138 valence electrons. The van der Waals surface area contributed by atoms with E-state index in [-0.39, 0.29) is 32.1 Å². The number of halogens is 3. The standard InChI is InChI=1S/C17H16F3N3O2S/c1-9-15(26-10(2)21-9)17(25)23-7-5-22(6-8-23)16(24)11-3-4-12(18)14(20)13(11)19/h3-4H,5-8H2,1-2H3. The lowest BCUT2D eigenvalue weighted by Crippen LogP contribution is -2.50. The summed E-state index contributed by atoms with van der Waals surface area (Å²) < 4.78 is 40.2. The predicted octanol–water partition coefficient (Wildman–Crippen LogP) is 2.78. The molecule has 0 radical (unpaired) electrons. The van der Waals surface area contributed by atoms with Crippen molar-refractivity contribution in [2.45, 2.75) is 13.8 Å². The zero-order chi connectivity index (χ0) is 19.0. The highest BCUT2D eigenvalue weighted by Crippen LogP contribution is 2.21. The molecule has 1 aliphatic heterocycles. The van der Waals surface area contributed by atoms with Crippen LogP contribution in [0, 0.1) is 31.3 Å². The molecule has 3 rings (SSSR count).